The molecule has 1 aliphatic heterocycles. The summed E-state index contributed by atoms with van der Waals surface area (Å²) in [6.45, 7) is 1.45. The maximum Gasteiger partial charge on any atom is 0.223 e. The third-order valence-corrected chi connectivity index (χ3v) is 5.96. The molecule has 5 nitrogen and oxygen atoms in total. The molecule has 0 fully saturated rings. The third-order valence-electron chi connectivity index (χ3n) is 5.96. The van der Waals surface area contributed by atoms with Crippen molar-refractivity contribution in [3.05, 3.63) is 107 Å². The highest BCUT2D eigenvalue weighted by Crippen LogP contribution is 2.21. The number of fused-ring (bicyclic) bond motifs is 1. The van der Waals surface area contributed by atoms with Gasteiger partial charge >= 0.3 is 0 Å². The lowest BCUT2D eigenvalue weighted by atomic mass is 9.99. The Balaban J connectivity index is 1.15. The number of nitrogens with zero attached hydrogens (tertiary/aromatic N) is 3. The Labute approximate surface area is 187 Å². The van der Waals surface area contributed by atoms with Crippen LogP contribution in [0.1, 0.15) is 34.9 Å². The maximum atomic E-state index is 12.7. The second-order valence-electron chi connectivity index (χ2n) is 8.16. The summed E-state index contributed by atoms with van der Waals surface area (Å²) in [4.78, 5) is 14.6. The zero-order chi connectivity index (χ0) is 21.8. The van der Waals surface area contributed by atoms with Gasteiger partial charge in [0, 0.05) is 25.9 Å². The lowest BCUT2D eigenvalue weighted by Gasteiger charge is -2.28. The van der Waals surface area contributed by atoms with Crippen LogP contribution in [0.15, 0.2) is 83.3 Å². The molecular weight excluding hydrogens is 398 g/mol. The summed E-state index contributed by atoms with van der Waals surface area (Å²) in [5, 5.41) is 8.31. The van der Waals surface area contributed by atoms with Crippen LogP contribution in [0, 0.1) is 0 Å². The number of amides is 1. The Hall–Kier alpha value is -3.73. The minimum Gasteiger partial charge on any atom is -0.425 e. The van der Waals surface area contributed by atoms with Crippen molar-refractivity contribution < 1.29 is 9.21 Å². The molecular formula is C27H25N3O2. The van der Waals surface area contributed by atoms with E-state index in [9.17, 15) is 4.79 Å². The zero-order valence-electron chi connectivity index (χ0n) is 17.9. The van der Waals surface area contributed by atoms with Crippen LogP contribution in [0.4, 0.5) is 0 Å². The van der Waals surface area contributed by atoms with E-state index in [4.69, 9.17) is 4.42 Å². The van der Waals surface area contributed by atoms with E-state index in [-0.39, 0.29) is 5.91 Å². The van der Waals surface area contributed by atoms with Crippen LogP contribution in [0.3, 0.4) is 0 Å². The van der Waals surface area contributed by atoms with Crippen molar-refractivity contribution in [1.82, 2.24) is 15.1 Å². The van der Waals surface area contributed by atoms with Crippen LogP contribution in [-0.2, 0) is 30.6 Å². The molecule has 5 heteroatoms. The standard InChI is InChI=1S/C27H25N3O2/c31-27(30-17-16-22-8-4-5-9-24(22)19-30)15-14-25-28-29-26(32-25)18-20-10-12-23(13-11-20)21-6-2-1-3-7-21/h1-13H,14-19H2. The Morgan fingerprint density at radius 2 is 1.50 bits per heavy atom. The van der Waals surface area contributed by atoms with Gasteiger partial charge in [0.2, 0.25) is 17.7 Å². The first kappa shape index (κ1) is 20.2. The molecule has 1 aliphatic rings. The van der Waals surface area contributed by atoms with Crippen LogP contribution in [0.2, 0.25) is 0 Å². The van der Waals surface area contributed by atoms with Gasteiger partial charge in [0.05, 0.1) is 6.42 Å². The number of benzene rings is 3. The molecule has 160 valence electrons. The maximum absolute atomic E-state index is 12.7. The van der Waals surface area contributed by atoms with Gasteiger partial charge < -0.3 is 9.32 Å². The number of carbonyl (C=O) groups is 1. The smallest absolute Gasteiger partial charge is 0.223 e. The van der Waals surface area contributed by atoms with Gasteiger partial charge in [0.1, 0.15) is 0 Å². The lowest BCUT2D eigenvalue weighted by molar-refractivity contribution is -0.132. The van der Waals surface area contributed by atoms with E-state index < -0.39 is 0 Å². The molecule has 0 spiro atoms. The van der Waals surface area contributed by atoms with E-state index in [0.717, 1.165) is 18.5 Å². The molecule has 1 amide bonds. The molecule has 1 aromatic heterocycles. The summed E-state index contributed by atoms with van der Waals surface area (Å²) >= 11 is 0. The van der Waals surface area contributed by atoms with Gasteiger partial charge in [-0.05, 0) is 34.2 Å². The molecule has 0 saturated heterocycles. The summed E-state index contributed by atoms with van der Waals surface area (Å²) in [6, 6.07) is 27.0. The minimum atomic E-state index is 0.135. The van der Waals surface area contributed by atoms with Gasteiger partial charge in [-0.3, -0.25) is 4.79 Å². The van der Waals surface area contributed by atoms with Crippen molar-refractivity contribution in [3.8, 4) is 11.1 Å². The number of aromatic nitrogens is 2. The predicted molar refractivity (Wildman–Crippen MR) is 123 cm³/mol. The Morgan fingerprint density at radius 3 is 2.31 bits per heavy atom. The highest BCUT2D eigenvalue weighted by Gasteiger charge is 2.20. The molecule has 2 heterocycles. The Morgan fingerprint density at radius 1 is 0.812 bits per heavy atom. The number of aryl methyl sites for hydroxylation is 1. The van der Waals surface area contributed by atoms with Crippen molar-refractivity contribution in [2.45, 2.75) is 32.2 Å². The van der Waals surface area contributed by atoms with Gasteiger partial charge in [-0.25, -0.2) is 0 Å². The summed E-state index contributed by atoms with van der Waals surface area (Å²) in [7, 11) is 0. The van der Waals surface area contributed by atoms with Crippen molar-refractivity contribution >= 4 is 5.91 Å². The van der Waals surface area contributed by atoms with E-state index >= 15 is 0 Å². The molecule has 0 aliphatic carbocycles. The molecule has 0 bridgehead atoms. The van der Waals surface area contributed by atoms with Crippen molar-refractivity contribution in [2.24, 2.45) is 0 Å². The van der Waals surface area contributed by atoms with Gasteiger partial charge in [-0.1, -0.05) is 78.9 Å². The van der Waals surface area contributed by atoms with E-state index in [1.165, 1.54) is 22.3 Å². The highest BCUT2D eigenvalue weighted by molar-refractivity contribution is 5.76. The third kappa shape index (κ3) is 4.62. The van der Waals surface area contributed by atoms with Crippen LogP contribution < -0.4 is 0 Å². The quantitative estimate of drug-likeness (QED) is 0.445. The van der Waals surface area contributed by atoms with E-state index in [2.05, 4.69) is 64.8 Å². The molecule has 0 radical (unpaired) electrons. The largest absolute Gasteiger partial charge is 0.425 e. The SMILES string of the molecule is O=C(CCc1nnc(Cc2ccc(-c3ccccc3)cc2)o1)N1CCc2ccccc2C1. The number of rotatable bonds is 6. The highest BCUT2D eigenvalue weighted by atomic mass is 16.4. The summed E-state index contributed by atoms with van der Waals surface area (Å²) < 4.78 is 5.80. The first-order chi connectivity index (χ1) is 15.7. The average Bonchev–Trinajstić information content (AvgIpc) is 3.30. The van der Waals surface area contributed by atoms with Crippen LogP contribution in [-0.4, -0.2) is 27.5 Å². The van der Waals surface area contributed by atoms with E-state index in [1.54, 1.807) is 0 Å². The molecule has 0 unspecified atom stereocenters. The Bertz CT molecular complexity index is 1200. The monoisotopic (exact) mass is 423 g/mol. The number of carbonyl (C=O) groups excluding carboxylic acids is 1. The van der Waals surface area contributed by atoms with Crippen molar-refractivity contribution in [3.63, 3.8) is 0 Å². The summed E-state index contributed by atoms with van der Waals surface area (Å²) in [5.74, 6) is 1.23. The first-order valence-electron chi connectivity index (χ1n) is 11.0. The fourth-order valence-electron chi connectivity index (χ4n) is 4.16. The zero-order valence-corrected chi connectivity index (χ0v) is 17.9. The molecule has 5 rings (SSSR count). The topological polar surface area (TPSA) is 59.2 Å². The summed E-state index contributed by atoms with van der Waals surface area (Å²) in [6.07, 6.45) is 2.35. The van der Waals surface area contributed by atoms with Crippen molar-refractivity contribution in [1.29, 1.82) is 0 Å². The van der Waals surface area contributed by atoms with Crippen LogP contribution >= 0.6 is 0 Å². The van der Waals surface area contributed by atoms with E-state index in [0.29, 0.717) is 37.6 Å². The molecule has 3 aromatic carbocycles. The number of hydrogen-bond acceptors (Lipinski definition) is 4. The normalized spacial score (nSPS) is 13.1. The van der Waals surface area contributed by atoms with E-state index in [1.807, 2.05) is 29.2 Å². The van der Waals surface area contributed by atoms with Gasteiger partial charge in [-0.2, -0.15) is 0 Å². The predicted octanol–water partition coefficient (Wildman–Crippen LogP) is 4.84. The fourth-order valence-corrected chi connectivity index (χ4v) is 4.16. The lowest BCUT2D eigenvalue weighted by Crippen LogP contribution is -2.36. The molecule has 4 aromatic rings. The second-order valence-corrected chi connectivity index (χ2v) is 8.16. The van der Waals surface area contributed by atoms with Crippen LogP contribution in [0.5, 0.6) is 0 Å². The Kier molecular flexibility index (Phi) is 5.79. The van der Waals surface area contributed by atoms with Crippen LogP contribution in [0.25, 0.3) is 11.1 Å². The number of hydrogen-bond donors (Lipinski definition) is 0. The second kappa shape index (κ2) is 9.18. The fraction of sp³-hybridized carbons (Fsp3) is 0.222. The average molecular weight is 424 g/mol. The van der Waals surface area contributed by atoms with Gasteiger partial charge in [-0.15, -0.1) is 10.2 Å². The first-order valence-corrected chi connectivity index (χ1v) is 11.0. The molecule has 0 N–H and O–H groups in total. The molecule has 32 heavy (non-hydrogen) atoms. The molecule has 0 saturated carbocycles. The van der Waals surface area contributed by atoms with Gasteiger partial charge in [0.15, 0.2) is 0 Å². The summed E-state index contributed by atoms with van der Waals surface area (Å²) in [5.41, 5.74) is 6.07. The van der Waals surface area contributed by atoms with Crippen molar-refractivity contribution in [2.75, 3.05) is 6.54 Å². The molecule has 0 atom stereocenters. The van der Waals surface area contributed by atoms with Gasteiger partial charge in [0.25, 0.3) is 0 Å². The minimum absolute atomic E-state index is 0.135.